The number of aliphatic hydroxyl groups is 1. The van der Waals surface area contributed by atoms with Crippen LogP contribution in [0.1, 0.15) is 49.8 Å². The van der Waals surface area contributed by atoms with Gasteiger partial charge in [-0.1, -0.05) is 44.4 Å². The van der Waals surface area contributed by atoms with Crippen molar-refractivity contribution in [2.24, 2.45) is 0 Å². The lowest BCUT2D eigenvalue weighted by atomic mass is 10.1. The highest BCUT2D eigenvalue weighted by molar-refractivity contribution is 7.92. The minimum atomic E-state index is -3.85. The van der Waals surface area contributed by atoms with E-state index in [1.54, 1.807) is 42.7 Å². The first-order valence-electron chi connectivity index (χ1n) is 13.9. The highest BCUT2D eigenvalue weighted by Gasteiger charge is 2.36. The zero-order valence-electron chi connectivity index (χ0n) is 23.2. The number of carbonyl (C=O) groups is 2. The lowest BCUT2D eigenvalue weighted by Gasteiger charge is -2.17. The number of benzene rings is 2. The maximum Gasteiger partial charge on any atom is 0.331 e. The summed E-state index contributed by atoms with van der Waals surface area (Å²) in [5, 5.41) is 13.4. The van der Waals surface area contributed by atoms with Crippen molar-refractivity contribution < 1.29 is 23.1 Å². The number of amides is 3. The molecule has 0 saturated carbocycles. The van der Waals surface area contributed by atoms with Crippen molar-refractivity contribution in [1.29, 1.82) is 0 Å². The van der Waals surface area contributed by atoms with Crippen molar-refractivity contribution in [3.8, 4) is 0 Å². The van der Waals surface area contributed by atoms with Gasteiger partial charge >= 0.3 is 6.03 Å². The summed E-state index contributed by atoms with van der Waals surface area (Å²) in [7, 11) is -3.85. The molecule has 4 rings (SSSR count). The molecule has 1 fully saturated rings. The lowest BCUT2D eigenvalue weighted by molar-refractivity contribution is -0.124. The first-order chi connectivity index (χ1) is 19.8. The van der Waals surface area contributed by atoms with Crippen molar-refractivity contribution in [3.05, 3.63) is 84.2 Å². The summed E-state index contributed by atoms with van der Waals surface area (Å²) < 4.78 is 28.5. The third kappa shape index (κ3) is 8.12. The number of sulfonamides is 1. The molecule has 1 aliphatic heterocycles. The maximum atomic E-state index is 13.0. The van der Waals surface area contributed by atoms with Crippen LogP contribution in [0.25, 0.3) is 0 Å². The summed E-state index contributed by atoms with van der Waals surface area (Å²) in [4.78, 5) is 31.9. The predicted octanol–water partition coefficient (Wildman–Crippen LogP) is 4.10. The number of nitrogens with zero attached hydrogens (tertiary/aromatic N) is 3. The number of imide groups is 1. The van der Waals surface area contributed by atoms with Crippen LogP contribution in [0.4, 0.5) is 16.2 Å². The highest BCUT2D eigenvalue weighted by Crippen LogP contribution is 2.25. The molecule has 0 aliphatic carbocycles. The molecule has 10 nitrogen and oxygen atoms in total. The van der Waals surface area contributed by atoms with Gasteiger partial charge in [0.1, 0.15) is 6.54 Å². The fraction of sp³-hybridized carbons (Fsp3) is 0.367. The van der Waals surface area contributed by atoms with Crippen LogP contribution < -0.4 is 14.9 Å². The van der Waals surface area contributed by atoms with Crippen molar-refractivity contribution in [2.45, 2.75) is 50.0 Å². The number of aliphatic hydroxyl groups excluding tert-OH is 1. The number of hydrogen-bond donors (Lipinski definition) is 3. The summed E-state index contributed by atoms with van der Waals surface area (Å²) in [5.41, 5.74) is 2.68. The Balaban J connectivity index is 1.27. The molecule has 1 aliphatic rings. The van der Waals surface area contributed by atoms with Gasteiger partial charge < -0.3 is 10.4 Å². The van der Waals surface area contributed by atoms with E-state index >= 15 is 0 Å². The molecular weight excluding hydrogens is 542 g/mol. The average molecular weight is 580 g/mol. The van der Waals surface area contributed by atoms with Gasteiger partial charge in [0.25, 0.3) is 15.9 Å². The van der Waals surface area contributed by atoms with Gasteiger partial charge in [0, 0.05) is 42.4 Å². The summed E-state index contributed by atoms with van der Waals surface area (Å²) >= 11 is 0. The standard InChI is InChI=1S/C30H37N5O5S/c1-2-3-4-5-19-34-29(37)22-35(30(34)38)26-12-14-27(15-13-26)41(39,40)33-25-10-8-23(9-11-25)16-18-32-21-28(36)24-7-6-17-31-20-24/h6-15,17,20,28,32-33,36H,2-5,16,18-19,21-22H2,1H3. The molecule has 41 heavy (non-hydrogen) atoms. The molecule has 1 unspecified atom stereocenters. The second-order valence-electron chi connectivity index (χ2n) is 10.0. The lowest BCUT2D eigenvalue weighted by Crippen LogP contribution is -2.33. The maximum absolute atomic E-state index is 13.0. The Kier molecular flexibility index (Phi) is 10.4. The normalized spacial score (nSPS) is 14.5. The molecule has 3 amide bonds. The van der Waals surface area contributed by atoms with Crippen molar-refractivity contribution in [1.82, 2.24) is 15.2 Å². The van der Waals surface area contributed by atoms with Crippen molar-refractivity contribution in [3.63, 3.8) is 0 Å². The predicted molar refractivity (Wildman–Crippen MR) is 158 cm³/mol. The molecule has 2 aromatic carbocycles. The molecule has 1 atom stereocenters. The molecule has 0 radical (unpaired) electrons. The van der Waals surface area contributed by atoms with Gasteiger partial charge in [-0.3, -0.25) is 24.3 Å². The smallest absolute Gasteiger partial charge is 0.331 e. The van der Waals surface area contributed by atoms with Crippen molar-refractivity contribution >= 4 is 33.3 Å². The zero-order valence-corrected chi connectivity index (χ0v) is 24.0. The minimum absolute atomic E-state index is 0.0517. The van der Waals surface area contributed by atoms with Crippen LogP contribution >= 0.6 is 0 Å². The Hall–Kier alpha value is -3.80. The largest absolute Gasteiger partial charge is 0.387 e. The van der Waals surface area contributed by atoms with Gasteiger partial charge in [0.05, 0.1) is 11.0 Å². The van der Waals surface area contributed by atoms with Gasteiger partial charge in [-0.05, 0) is 67.4 Å². The number of hydrogen-bond acceptors (Lipinski definition) is 7. The van der Waals surface area contributed by atoms with Gasteiger partial charge in [-0.25, -0.2) is 13.2 Å². The van der Waals surface area contributed by atoms with Crippen LogP contribution in [0.2, 0.25) is 0 Å². The minimum Gasteiger partial charge on any atom is -0.387 e. The SMILES string of the molecule is CCCCCCN1C(=O)CN(c2ccc(S(=O)(=O)Nc3ccc(CCNCC(O)c4cccnc4)cc3)cc2)C1=O. The molecule has 2 heterocycles. The quantitative estimate of drug-likeness (QED) is 0.182. The van der Waals surface area contributed by atoms with E-state index < -0.39 is 16.1 Å². The van der Waals surface area contributed by atoms with E-state index in [-0.39, 0.29) is 23.4 Å². The van der Waals surface area contributed by atoms with Crippen LogP contribution in [0, 0.1) is 0 Å². The fourth-order valence-corrected chi connectivity index (χ4v) is 5.64. The van der Waals surface area contributed by atoms with Gasteiger partial charge in [0.2, 0.25) is 0 Å². The third-order valence-corrected chi connectivity index (χ3v) is 8.35. The first kappa shape index (κ1) is 30.2. The van der Waals surface area contributed by atoms with E-state index in [2.05, 4.69) is 21.9 Å². The van der Waals surface area contributed by atoms with E-state index in [0.717, 1.165) is 36.8 Å². The van der Waals surface area contributed by atoms with E-state index in [0.29, 0.717) is 37.4 Å². The molecule has 1 aromatic heterocycles. The molecule has 218 valence electrons. The third-order valence-electron chi connectivity index (χ3n) is 6.95. The first-order valence-corrected chi connectivity index (χ1v) is 15.4. The molecular formula is C30H37N5O5S. The summed E-state index contributed by atoms with van der Waals surface area (Å²) in [6, 6.07) is 16.3. The summed E-state index contributed by atoms with van der Waals surface area (Å²) in [6.07, 6.45) is 7.25. The number of unbranched alkanes of at least 4 members (excludes halogenated alkanes) is 3. The number of pyridine rings is 1. The van der Waals surface area contributed by atoms with Crippen LogP contribution in [0.15, 0.2) is 78.0 Å². The Morgan fingerprint density at radius 1 is 1.00 bits per heavy atom. The summed E-state index contributed by atoms with van der Waals surface area (Å²) in [5.74, 6) is -0.244. The Bertz CT molecular complexity index is 1400. The van der Waals surface area contributed by atoms with Gasteiger partial charge in [-0.2, -0.15) is 0 Å². The van der Waals surface area contributed by atoms with Crippen molar-refractivity contribution in [2.75, 3.05) is 35.8 Å². The Morgan fingerprint density at radius 2 is 1.76 bits per heavy atom. The van der Waals surface area contributed by atoms with Gasteiger partial charge in [-0.15, -0.1) is 0 Å². The number of anilines is 2. The molecule has 0 bridgehead atoms. The fourth-order valence-electron chi connectivity index (χ4n) is 4.58. The van der Waals surface area contributed by atoms with Gasteiger partial charge in [0.15, 0.2) is 0 Å². The molecule has 11 heteroatoms. The van der Waals surface area contributed by atoms with E-state index in [4.69, 9.17) is 0 Å². The molecule has 0 spiro atoms. The molecule has 1 saturated heterocycles. The number of nitrogens with one attached hydrogen (secondary N) is 2. The topological polar surface area (TPSA) is 132 Å². The van der Waals surface area contributed by atoms with E-state index in [9.17, 15) is 23.1 Å². The Labute approximate surface area is 241 Å². The number of aromatic nitrogens is 1. The monoisotopic (exact) mass is 579 g/mol. The zero-order chi connectivity index (χ0) is 29.2. The summed E-state index contributed by atoms with van der Waals surface area (Å²) in [6.45, 7) is 3.50. The highest BCUT2D eigenvalue weighted by atomic mass is 32.2. The number of carbonyl (C=O) groups excluding carboxylic acids is 2. The number of rotatable bonds is 15. The second kappa shape index (κ2) is 14.2. The van der Waals surface area contributed by atoms with E-state index in [1.807, 2.05) is 18.2 Å². The average Bonchev–Trinajstić information content (AvgIpc) is 3.27. The number of urea groups is 1. The van der Waals surface area contributed by atoms with Crippen LogP contribution in [0.3, 0.4) is 0 Å². The van der Waals surface area contributed by atoms with E-state index in [1.165, 1.54) is 21.9 Å². The van der Waals surface area contributed by atoms with Crippen LogP contribution in [0.5, 0.6) is 0 Å². The molecule has 3 N–H and O–H groups in total. The Morgan fingerprint density at radius 3 is 2.44 bits per heavy atom. The second-order valence-corrected chi connectivity index (χ2v) is 11.7. The van der Waals surface area contributed by atoms with Crippen LogP contribution in [-0.2, 0) is 21.2 Å². The molecule has 3 aromatic rings. The van der Waals surface area contributed by atoms with Crippen LogP contribution in [-0.4, -0.2) is 61.5 Å².